The van der Waals surface area contributed by atoms with Crippen LogP contribution >= 0.6 is 0 Å². The predicted octanol–water partition coefficient (Wildman–Crippen LogP) is 26.9. The van der Waals surface area contributed by atoms with E-state index < -0.39 is 108 Å². The maximum atomic E-state index is 9.78. The predicted molar refractivity (Wildman–Crippen MR) is 434 cm³/mol. The number of hydrogen-bond donors (Lipinski definition) is 0. The van der Waals surface area contributed by atoms with Gasteiger partial charge in [0.05, 0.1) is 89.2 Å². The van der Waals surface area contributed by atoms with Crippen LogP contribution in [-0.4, -0.2) is 13.7 Å². The van der Waals surface area contributed by atoms with E-state index in [0.717, 1.165) is 94.8 Å². The maximum Gasteiger partial charge on any atom is 0.159 e. The molecule has 18 aromatic rings. The molecule has 103 heavy (non-hydrogen) atoms. The van der Waals surface area contributed by atoms with Crippen LogP contribution in [0, 0.1) is 0 Å². The number of aromatic nitrogens is 3. The number of furan rings is 1. The Morgan fingerprint density at radius 3 is 1.17 bits per heavy atom. The van der Waals surface area contributed by atoms with Crippen LogP contribution in [0.1, 0.15) is 124 Å². The highest BCUT2D eigenvalue weighted by Crippen LogP contribution is 2.63. The van der Waals surface area contributed by atoms with E-state index in [1.807, 2.05) is 78.9 Å². The number of para-hydroxylation sites is 6. The molecule has 0 bridgehead atoms. The first-order valence-corrected chi connectivity index (χ1v) is 35.0. The van der Waals surface area contributed by atoms with Crippen molar-refractivity contribution in [1.82, 2.24) is 13.7 Å². The molecule has 2 aliphatic rings. The molecule has 1 unspecified atom stereocenters. The maximum absolute atomic E-state index is 9.78. The number of anilines is 6. The molecule has 6 nitrogen and oxygen atoms in total. The van der Waals surface area contributed by atoms with Crippen LogP contribution in [0.15, 0.2) is 301 Å². The molecule has 0 N–H and O–H groups in total. The van der Waals surface area contributed by atoms with Crippen LogP contribution in [0.4, 0.5) is 34.1 Å². The van der Waals surface area contributed by atoms with Crippen LogP contribution in [0.25, 0.3) is 127 Å². The first kappa shape index (κ1) is 46.3. The summed E-state index contributed by atoms with van der Waals surface area (Å²) in [5.74, 6) is -0.619. The van der Waals surface area contributed by atoms with Crippen molar-refractivity contribution < 1.29 is 26.3 Å². The lowest BCUT2D eigenvalue weighted by molar-refractivity contribution is 0.589. The van der Waals surface area contributed by atoms with Gasteiger partial charge in [0.25, 0.3) is 0 Å². The topological polar surface area (TPSA) is 34.4 Å². The van der Waals surface area contributed by atoms with Crippen molar-refractivity contribution >= 4 is 121 Å². The van der Waals surface area contributed by atoms with E-state index >= 15 is 0 Å². The fraction of sp³-hybridized carbons (Fsp3) is 0.134. The van der Waals surface area contributed by atoms with Gasteiger partial charge >= 0.3 is 0 Å². The van der Waals surface area contributed by atoms with E-state index in [-0.39, 0.29) is 65.7 Å². The van der Waals surface area contributed by atoms with Gasteiger partial charge in [-0.2, -0.15) is 0 Å². The molecule has 2 aliphatic heterocycles. The van der Waals surface area contributed by atoms with Crippen molar-refractivity contribution in [3.63, 3.8) is 0 Å². The fourth-order valence-corrected chi connectivity index (χ4v) is 16.3. The molecular formula is C97H77N5O. The Kier molecular flexibility index (Phi) is 9.98. The SMILES string of the molecule is [2H]c1c([2H])c([2H])c2c(c1[2H])c1c([2H])c([2H])c([2H])c([2H])c1n2-c1ccc2c(c1)N(c1cc(-c3ccccc3)cc(-c3ccccc3)c1)c1cc(C(C)(C)C)cc3c1C2c1ccc(-n2c4ccc(C(C)(C)C)cc4c4cc(C(C)(C)C)ccc42)cc1N3c1cccc2c1oc1c(-n3c4c([2H])c([2H])c([2H])c([2H])c4c4c([2H])c([2H])c([2H])c([2H])c43)cccc12. The summed E-state index contributed by atoms with van der Waals surface area (Å²) < 4.78 is 162. The third kappa shape index (κ3) is 9.25. The van der Waals surface area contributed by atoms with Gasteiger partial charge in [-0.05, 0) is 181 Å². The fourth-order valence-electron chi connectivity index (χ4n) is 16.3. The normalized spacial score (nSPS) is 16.1. The Hall–Kier alpha value is -12.1. The quantitative estimate of drug-likeness (QED) is 0.159. The van der Waals surface area contributed by atoms with Gasteiger partial charge in [0, 0.05) is 71.6 Å². The summed E-state index contributed by atoms with van der Waals surface area (Å²) >= 11 is 0. The average molecular weight is 1340 g/mol. The highest BCUT2D eigenvalue weighted by atomic mass is 16.3. The van der Waals surface area contributed by atoms with Crippen molar-refractivity contribution in [1.29, 1.82) is 0 Å². The van der Waals surface area contributed by atoms with Crippen molar-refractivity contribution in [2.45, 2.75) is 84.5 Å². The number of hydrogen-bond acceptors (Lipinski definition) is 3. The van der Waals surface area contributed by atoms with Gasteiger partial charge in [0.1, 0.15) is 0 Å². The van der Waals surface area contributed by atoms with Crippen LogP contribution in [0.5, 0.6) is 0 Å². The molecule has 0 saturated carbocycles. The lowest BCUT2D eigenvalue weighted by Gasteiger charge is -2.46. The summed E-state index contributed by atoms with van der Waals surface area (Å²) in [4.78, 5) is 4.58. The molecular weight excluding hydrogens is 1250 g/mol. The molecule has 0 spiro atoms. The third-order valence-electron chi connectivity index (χ3n) is 21.3. The molecule has 0 saturated heterocycles. The van der Waals surface area contributed by atoms with Crippen molar-refractivity contribution in [2.24, 2.45) is 0 Å². The monoisotopic (exact) mass is 1340 g/mol. The summed E-state index contributed by atoms with van der Waals surface area (Å²) in [6.07, 6.45) is 0. The Morgan fingerprint density at radius 2 is 0.699 bits per heavy atom. The summed E-state index contributed by atoms with van der Waals surface area (Å²) in [6, 6.07) is 61.3. The van der Waals surface area contributed by atoms with Crippen LogP contribution in [-0.2, 0) is 16.2 Å². The molecule has 14 aromatic carbocycles. The lowest BCUT2D eigenvalue weighted by atomic mass is 9.73. The number of rotatable bonds is 7. The van der Waals surface area contributed by atoms with Crippen molar-refractivity contribution in [3.05, 3.63) is 330 Å². The smallest absolute Gasteiger partial charge is 0.159 e. The van der Waals surface area contributed by atoms with E-state index in [9.17, 15) is 13.7 Å². The minimum atomic E-state index is -0.619. The highest BCUT2D eigenvalue weighted by Gasteiger charge is 2.44. The van der Waals surface area contributed by atoms with Crippen molar-refractivity contribution in [3.8, 4) is 39.3 Å². The third-order valence-corrected chi connectivity index (χ3v) is 21.3. The van der Waals surface area contributed by atoms with E-state index in [0.29, 0.717) is 33.4 Å². The minimum absolute atomic E-state index is 0.0151. The molecule has 0 radical (unpaired) electrons. The van der Waals surface area contributed by atoms with E-state index in [4.69, 9.17) is 12.6 Å². The summed E-state index contributed by atoms with van der Waals surface area (Å²) in [6.45, 7) is 19.9. The van der Waals surface area contributed by atoms with E-state index in [1.165, 1.54) is 15.7 Å². The molecule has 1 atom stereocenters. The Bertz CT molecular complexity index is 7300. The molecule has 0 fully saturated rings. The standard InChI is InChI=1S/C97H77N5O/c1-95(2,3)63-42-48-83-77(53-63)78-54-64(96(4,5)6)43-49-84(78)99(83)67-45-47-76-88(58-67)102(86-41-25-35-74-73-34-24-40-85(93(73)103-94(74)86)101-81-38-22-18-32-71(81)72-33-19-23-39-82(72)101)90-56-65(97(7,8)9)55-89-92(90)91(76)75-46-44-66(98-79-36-20-16-30-69(79)70-31-17-21-37-80(70)98)57-87(75)100(89)68-51-61(59-26-12-10-13-27-59)50-62(52-68)60-28-14-11-15-29-60/h10-58,91H,1-9H3/i16D,17D,18D,19D,20D,21D,22D,23D,30D,31D,32D,33D,36D,37D,38D,39D. The molecule has 6 heteroatoms. The Balaban J connectivity index is 0.936. The van der Waals surface area contributed by atoms with Gasteiger partial charge < -0.3 is 27.9 Å². The first-order valence-electron chi connectivity index (χ1n) is 43.0. The molecule has 0 amide bonds. The zero-order valence-corrected chi connectivity index (χ0v) is 58.3. The van der Waals surface area contributed by atoms with Crippen molar-refractivity contribution in [2.75, 3.05) is 9.80 Å². The summed E-state index contributed by atoms with van der Waals surface area (Å²) in [5, 5.41) is 3.25. The Morgan fingerprint density at radius 1 is 0.282 bits per heavy atom. The second-order valence-corrected chi connectivity index (χ2v) is 30.5. The number of nitrogens with zero attached hydrogens (tertiary/aromatic N) is 5. The van der Waals surface area contributed by atoms with E-state index in [1.54, 1.807) is 10.6 Å². The van der Waals surface area contributed by atoms with Gasteiger partial charge in [0.15, 0.2) is 11.2 Å². The van der Waals surface area contributed by atoms with Gasteiger partial charge in [-0.15, -0.1) is 0 Å². The molecule has 6 heterocycles. The van der Waals surface area contributed by atoms with Crippen LogP contribution in [0.3, 0.4) is 0 Å². The van der Waals surface area contributed by atoms with Crippen LogP contribution in [0.2, 0.25) is 0 Å². The van der Waals surface area contributed by atoms with Gasteiger partial charge in [-0.25, -0.2) is 0 Å². The van der Waals surface area contributed by atoms with Gasteiger partial charge in [-0.1, -0.05) is 244 Å². The minimum Gasteiger partial charge on any atom is -0.452 e. The second-order valence-electron chi connectivity index (χ2n) is 30.5. The van der Waals surface area contributed by atoms with Crippen LogP contribution < -0.4 is 9.80 Å². The van der Waals surface area contributed by atoms with E-state index in [2.05, 4.69) is 192 Å². The van der Waals surface area contributed by atoms with Gasteiger partial charge in [-0.3, -0.25) is 0 Å². The zero-order valence-electron chi connectivity index (χ0n) is 74.3. The largest absolute Gasteiger partial charge is 0.452 e. The summed E-state index contributed by atoms with van der Waals surface area (Å²) in [7, 11) is 0. The molecule has 20 rings (SSSR count). The number of fused-ring (bicyclic) bond motifs is 16. The average Bonchev–Trinajstić information content (AvgIpc) is 1.44. The highest BCUT2D eigenvalue weighted by molar-refractivity contribution is 6.17. The Labute approximate surface area is 622 Å². The lowest BCUT2D eigenvalue weighted by Crippen LogP contribution is -2.30. The van der Waals surface area contributed by atoms with Gasteiger partial charge in [0.2, 0.25) is 0 Å². The molecule has 0 aliphatic carbocycles. The molecule has 496 valence electrons. The summed E-state index contributed by atoms with van der Waals surface area (Å²) in [5.41, 5.74) is 17.0. The first-order chi connectivity index (χ1) is 56.6. The zero-order chi connectivity index (χ0) is 83.5. The second kappa shape index (κ2) is 22.2. The molecule has 4 aromatic heterocycles. The number of benzene rings is 14.